The van der Waals surface area contributed by atoms with Crippen LogP contribution in [-0.2, 0) is 16.2 Å². The lowest BCUT2D eigenvalue weighted by Gasteiger charge is -2.14. The van der Waals surface area contributed by atoms with Gasteiger partial charge in [0.2, 0.25) is 0 Å². The smallest absolute Gasteiger partial charge is 0.322 e. The Morgan fingerprint density at radius 3 is 2.34 bits per heavy atom. The standard InChI is InChI=1S/C21H17ClF3N3O3S/c1-12-7-8-14(11-18(12)32(30,31)28-17-6-4-3-5-16(17)22)27-20(29)15-9-10-19(21(23,24)25)26-13(15)2/h3-11,28H,1-2H3,(H,27,29). The van der Waals surface area contributed by atoms with Gasteiger partial charge in [-0.1, -0.05) is 29.8 Å². The van der Waals surface area contributed by atoms with E-state index in [4.69, 9.17) is 11.6 Å². The molecule has 0 spiro atoms. The maximum atomic E-state index is 12.9. The Balaban J connectivity index is 1.87. The number of aryl methyl sites for hydroxylation is 2. The van der Waals surface area contributed by atoms with Crippen molar-refractivity contribution >= 4 is 38.9 Å². The molecule has 2 N–H and O–H groups in total. The summed E-state index contributed by atoms with van der Waals surface area (Å²) >= 11 is 6.02. The molecular weight excluding hydrogens is 467 g/mol. The maximum absolute atomic E-state index is 12.9. The van der Waals surface area contributed by atoms with Crippen LogP contribution in [0.3, 0.4) is 0 Å². The zero-order chi connectivity index (χ0) is 23.7. The second-order valence-electron chi connectivity index (χ2n) is 6.85. The molecule has 6 nitrogen and oxygen atoms in total. The molecule has 0 bridgehead atoms. The van der Waals surface area contributed by atoms with Crippen LogP contribution in [0.25, 0.3) is 0 Å². The van der Waals surface area contributed by atoms with E-state index in [1.54, 1.807) is 19.1 Å². The van der Waals surface area contributed by atoms with E-state index in [1.807, 2.05) is 0 Å². The van der Waals surface area contributed by atoms with E-state index < -0.39 is 27.8 Å². The van der Waals surface area contributed by atoms with E-state index >= 15 is 0 Å². The van der Waals surface area contributed by atoms with Crippen LogP contribution in [0.2, 0.25) is 5.02 Å². The number of anilines is 2. The van der Waals surface area contributed by atoms with Crippen molar-refractivity contribution in [1.82, 2.24) is 4.98 Å². The van der Waals surface area contributed by atoms with Gasteiger partial charge in [-0.05, 0) is 55.8 Å². The quantitative estimate of drug-likeness (QED) is 0.507. The molecule has 1 aromatic heterocycles. The summed E-state index contributed by atoms with van der Waals surface area (Å²) in [4.78, 5) is 15.9. The fraction of sp³-hybridized carbons (Fsp3) is 0.143. The van der Waals surface area contributed by atoms with E-state index in [2.05, 4.69) is 15.0 Å². The van der Waals surface area contributed by atoms with Crippen LogP contribution in [0.4, 0.5) is 24.5 Å². The number of nitrogens with one attached hydrogen (secondary N) is 2. The monoisotopic (exact) mass is 483 g/mol. The topological polar surface area (TPSA) is 88.2 Å². The molecule has 0 saturated heterocycles. The highest BCUT2D eigenvalue weighted by Gasteiger charge is 2.33. The zero-order valence-corrected chi connectivity index (χ0v) is 18.4. The fourth-order valence-electron chi connectivity index (χ4n) is 2.87. The number of carbonyl (C=O) groups is 1. The lowest BCUT2D eigenvalue weighted by Crippen LogP contribution is -2.18. The molecule has 0 fully saturated rings. The molecule has 11 heteroatoms. The molecule has 0 radical (unpaired) electrons. The Kier molecular flexibility index (Phi) is 6.47. The molecule has 2 aromatic carbocycles. The number of pyridine rings is 1. The summed E-state index contributed by atoms with van der Waals surface area (Å²) in [6.07, 6.45) is -4.63. The van der Waals surface area contributed by atoms with Crippen molar-refractivity contribution < 1.29 is 26.4 Å². The van der Waals surface area contributed by atoms with Crippen LogP contribution in [0.15, 0.2) is 59.5 Å². The predicted molar refractivity (Wildman–Crippen MR) is 115 cm³/mol. The maximum Gasteiger partial charge on any atom is 0.433 e. The van der Waals surface area contributed by atoms with Crippen LogP contribution in [0, 0.1) is 13.8 Å². The molecule has 0 atom stereocenters. The van der Waals surface area contributed by atoms with Crippen molar-refractivity contribution in [2.75, 3.05) is 10.0 Å². The Morgan fingerprint density at radius 1 is 1.03 bits per heavy atom. The summed E-state index contributed by atoms with van der Waals surface area (Å²) in [6, 6.07) is 12.3. The Morgan fingerprint density at radius 2 is 1.72 bits per heavy atom. The van der Waals surface area contributed by atoms with E-state index in [9.17, 15) is 26.4 Å². The highest BCUT2D eigenvalue weighted by molar-refractivity contribution is 7.92. The van der Waals surface area contributed by atoms with Crippen molar-refractivity contribution in [3.05, 3.63) is 82.1 Å². The SMILES string of the molecule is Cc1ccc(NC(=O)c2ccc(C(F)(F)F)nc2C)cc1S(=O)(=O)Nc1ccccc1Cl. The molecule has 32 heavy (non-hydrogen) atoms. The number of benzene rings is 2. The van der Waals surface area contributed by atoms with E-state index in [-0.39, 0.29) is 32.6 Å². The van der Waals surface area contributed by atoms with Crippen molar-refractivity contribution in [2.24, 2.45) is 0 Å². The van der Waals surface area contributed by atoms with Gasteiger partial charge in [-0.15, -0.1) is 0 Å². The van der Waals surface area contributed by atoms with E-state index in [0.717, 1.165) is 6.07 Å². The van der Waals surface area contributed by atoms with Crippen LogP contribution < -0.4 is 10.0 Å². The molecular formula is C21H17ClF3N3O3S. The first-order valence-corrected chi connectivity index (χ1v) is 11.0. The van der Waals surface area contributed by atoms with Gasteiger partial charge in [0.05, 0.1) is 26.9 Å². The van der Waals surface area contributed by atoms with Crippen LogP contribution >= 0.6 is 11.6 Å². The largest absolute Gasteiger partial charge is 0.433 e. The number of para-hydroxylation sites is 1. The second kappa shape index (κ2) is 8.79. The zero-order valence-electron chi connectivity index (χ0n) is 16.8. The molecule has 1 amide bonds. The first-order valence-electron chi connectivity index (χ1n) is 9.12. The minimum absolute atomic E-state index is 0.0721. The molecule has 0 unspecified atom stereocenters. The molecule has 0 aliphatic carbocycles. The molecule has 168 valence electrons. The summed E-state index contributed by atoms with van der Waals surface area (Å²) < 4.78 is 66.5. The van der Waals surface area contributed by atoms with Crippen molar-refractivity contribution in [2.45, 2.75) is 24.9 Å². The van der Waals surface area contributed by atoms with Gasteiger partial charge in [0.1, 0.15) is 5.69 Å². The van der Waals surface area contributed by atoms with Gasteiger partial charge in [-0.25, -0.2) is 13.4 Å². The number of amides is 1. The first-order chi connectivity index (χ1) is 14.9. The fourth-order valence-corrected chi connectivity index (χ4v) is 4.46. The average Bonchev–Trinajstić information content (AvgIpc) is 2.70. The lowest BCUT2D eigenvalue weighted by atomic mass is 10.1. The first kappa shape index (κ1) is 23.6. The molecule has 3 rings (SSSR count). The van der Waals surface area contributed by atoms with Gasteiger partial charge >= 0.3 is 6.18 Å². The van der Waals surface area contributed by atoms with Gasteiger partial charge in [0.15, 0.2) is 0 Å². The normalized spacial score (nSPS) is 11.8. The molecule has 0 aliphatic heterocycles. The highest BCUT2D eigenvalue weighted by atomic mass is 35.5. The number of rotatable bonds is 5. The number of carbonyl (C=O) groups excluding carboxylic acids is 1. The van der Waals surface area contributed by atoms with Crippen molar-refractivity contribution in [3.63, 3.8) is 0 Å². The Bertz CT molecular complexity index is 1290. The summed E-state index contributed by atoms with van der Waals surface area (Å²) in [5.41, 5.74) is -0.556. The van der Waals surface area contributed by atoms with Gasteiger partial charge in [-0.3, -0.25) is 9.52 Å². The Labute approximate surface area is 187 Å². The predicted octanol–water partition coefficient (Wildman–Crippen LogP) is 5.42. The number of hydrogen-bond donors (Lipinski definition) is 2. The molecule has 1 heterocycles. The van der Waals surface area contributed by atoms with Crippen LogP contribution in [0.5, 0.6) is 0 Å². The van der Waals surface area contributed by atoms with E-state index in [0.29, 0.717) is 11.6 Å². The van der Waals surface area contributed by atoms with Crippen molar-refractivity contribution in [3.8, 4) is 0 Å². The molecule has 0 aliphatic rings. The number of halogens is 4. The van der Waals surface area contributed by atoms with Gasteiger partial charge in [0, 0.05) is 5.69 Å². The third kappa shape index (κ3) is 5.20. The van der Waals surface area contributed by atoms with Crippen LogP contribution in [-0.4, -0.2) is 19.3 Å². The second-order valence-corrected chi connectivity index (χ2v) is 8.90. The summed E-state index contributed by atoms with van der Waals surface area (Å²) in [5.74, 6) is -0.727. The van der Waals surface area contributed by atoms with Gasteiger partial charge < -0.3 is 5.32 Å². The third-order valence-corrected chi connectivity index (χ3v) is 6.31. The van der Waals surface area contributed by atoms with Gasteiger partial charge in [0.25, 0.3) is 15.9 Å². The van der Waals surface area contributed by atoms with Crippen molar-refractivity contribution in [1.29, 1.82) is 0 Å². The lowest BCUT2D eigenvalue weighted by molar-refractivity contribution is -0.141. The van der Waals surface area contributed by atoms with Gasteiger partial charge in [-0.2, -0.15) is 13.2 Å². The number of nitrogens with zero attached hydrogens (tertiary/aromatic N) is 1. The highest BCUT2D eigenvalue weighted by Crippen LogP contribution is 2.29. The number of aromatic nitrogens is 1. The summed E-state index contributed by atoms with van der Waals surface area (Å²) in [6.45, 7) is 2.86. The summed E-state index contributed by atoms with van der Waals surface area (Å²) in [7, 11) is -4.04. The third-order valence-electron chi connectivity index (χ3n) is 4.47. The molecule has 3 aromatic rings. The van der Waals surface area contributed by atoms with Crippen LogP contribution in [0.1, 0.15) is 27.3 Å². The number of alkyl halides is 3. The number of sulfonamides is 1. The van der Waals surface area contributed by atoms with E-state index in [1.165, 1.54) is 37.3 Å². The average molecular weight is 484 g/mol. The minimum atomic E-state index is -4.63. The molecule has 0 saturated carbocycles. The Hall–Kier alpha value is -3.11. The number of hydrogen-bond acceptors (Lipinski definition) is 4. The summed E-state index contributed by atoms with van der Waals surface area (Å²) in [5, 5.41) is 2.71. The minimum Gasteiger partial charge on any atom is -0.322 e.